The number of thioether (sulfide) groups is 1. The monoisotopic (exact) mass is 910 g/mol. The molecule has 0 fully saturated rings. The number of rotatable bonds is 51. The van der Waals surface area contributed by atoms with Crippen LogP contribution in [0.15, 0.2) is 0 Å². The van der Waals surface area contributed by atoms with Gasteiger partial charge in [0.15, 0.2) is 11.3 Å². The Kier molecular flexibility index (Phi) is 45.7. The number of Topliss-reactive ketones (excluding diaryl/α,β-unsaturated/α-hetero) is 1. The Bertz CT molecular complexity index is 1060. The van der Waals surface area contributed by atoms with Crippen molar-refractivity contribution in [2.75, 3.05) is 18.1 Å². The zero-order chi connectivity index (χ0) is 46.3. The molecule has 0 rings (SSSR count). The van der Waals surface area contributed by atoms with E-state index in [4.69, 9.17) is 15.2 Å². The molecule has 3 N–H and O–H groups in total. The van der Waals surface area contributed by atoms with Gasteiger partial charge in [0.1, 0.15) is 12.7 Å². The van der Waals surface area contributed by atoms with Crippen LogP contribution in [-0.2, 0) is 28.7 Å². The van der Waals surface area contributed by atoms with E-state index < -0.39 is 23.4 Å². The van der Waals surface area contributed by atoms with E-state index in [0.717, 1.165) is 57.8 Å². The van der Waals surface area contributed by atoms with E-state index in [1.165, 1.54) is 198 Å². The number of aliphatic carboxylic acids is 1. The first-order chi connectivity index (χ1) is 30.7. The number of carboxylic acid groups (broad SMARTS) is 1. The molecule has 8 nitrogen and oxygen atoms in total. The van der Waals surface area contributed by atoms with Crippen molar-refractivity contribution < 1.29 is 33.8 Å². The molecule has 63 heavy (non-hydrogen) atoms. The summed E-state index contributed by atoms with van der Waals surface area (Å²) in [6, 6.07) is 0. The number of ether oxygens (including phenoxy) is 2. The SMILES string of the molecule is CCCCCCCCCCCCCCCC(=O)OC[C@H](CSCC(N)(C(=O)O)C(=O)CCCCCCCCCCCCCCC)OC(=O)CCCCCCCCCCCCCCC. The van der Waals surface area contributed by atoms with Crippen LogP contribution in [0.3, 0.4) is 0 Å². The minimum absolute atomic E-state index is 0.0911. The maximum absolute atomic E-state index is 13.2. The molecule has 0 aliphatic heterocycles. The predicted molar refractivity (Wildman–Crippen MR) is 269 cm³/mol. The molecule has 0 aromatic heterocycles. The van der Waals surface area contributed by atoms with Gasteiger partial charge in [0.05, 0.1) is 0 Å². The van der Waals surface area contributed by atoms with Crippen molar-refractivity contribution in [2.24, 2.45) is 5.73 Å². The normalized spacial score (nSPS) is 12.9. The van der Waals surface area contributed by atoms with Crippen molar-refractivity contribution in [2.45, 2.75) is 302 Å². The first-order valence-corrected chi connectivity index (χ1v) is 28.3. The number of carbonyl (C=O) groups is 4. The van der Waals surface area contributed by atoms with E-state index in [-0.39, 0.29) is 36.5 Å². The van der Waals surface area contributed by atoms with Crippen molar-refractivity contribution in [3.63, 3.8) is 0 Å². The number of hydrogen-bond donors (Lipinski definition) is 2. The molecule has 0 saturated heterocycles. The number of unbranched alkanes of at least 4 members (excludes halogenated alkanes) is 36. The molecule has 0 bridgehead atoms. The zero-order valence-corrected chi connectivity index (χ0v) is 42.6. The van der Waals surface area contributed by atoms with Gasteiger partial charge in [-0.15, -0.1) is 0 Å². The summed E-state index contributed by atoms with van der Waals surface area (Å²) in [5.74, 6) is -2.41. The first kappa shape index (κ1) is 61.4. The van der Waals surface area contributed by atoms with Crippen molar-refractivity contribution >= 4 is 35.5 Å². The maximum Gasteiger partial charge on any atom is 0.332 e. The van der Waals surface area contributed by atoms with E-state index in [0.29, 0.717) is 19.3 Å². The van der Waals surface area contributed by atoms with Gasteiger partial charge in [-0.25, -0.2) is 4.79 Å². The average molecular weight is 910 g/mol. The molecule has 1 unspecified atom stereocenters. The third-order valence-corrected chi connectivity index (χ3v) is 14.0. The van der Waals surface area contributed by atoms with Crippen LogP contribution in [0.4, 0.5) is 0 Å². The number of carboxylic acids is 1. The molecule has 372 valence electrons. The Morgan fingerprint density at radius 2 is 0.730 bits per heavy atom. The second-order valence-electron chi connectivity index (χ2n) is 19.0. The molecule has 0 aliphatic carbocycles. The van der Waals surface area contributed by atoms with E-state index in [1.807, 2.05) is 0 Å². The lowest BCUT2D eigenvalue weighted by molar-refractivity contribution is -0.157. The number of carbonyl (C=O) groups excluding carboxylic acids is 3. The van der Waals surface area contributed by atoms with E-state index in [9.17, 15) is 24.3 Å². The molecule has 0 aromatic rings. The van der Waals surface area contributed by atoms with Gasteiger partial charge in [-0.05, 0) is 19.3 Å². The average Bonchev–Trinajstić information content (AvgIpc) is 3.27. The topological polar surface area (TPSA) is 133 Å². The number of esters is 2. The number of hydrogen-bond acceptors (Lipinski definition) is 8. The largest absolute Gasteiger partial charge is 0.480 e. The maximum atomic E-state index is 13.2. The highest BCUT2D eigenvalue weighted by atomic mass is 32.2. The summed E-state index contributed by atoms with van der Waals surface area (Å²) in [7, 11) is 0. The van der Waals surface area contributed by atoms with Crippen molar-refractivity contribution in [3.8, 4) is 0 Å². The summed E-state index contributed by atoms with van der Waals surface area (Å²) in [6.45, 7) is 6.66. The lowest BCUT2D eigenvalue weighted by atomic mass is 9.93. The summed E-state index contributed by atoms with van der Waals surface area (Å²) >= 11 is 1.17. The van der Waals surface area contributed by atoms with Crippen LogP contribution in [0.5, 0.6) is 0 Å². The Balaban J connectivity index is 4.72. The molecule has 9 heteroatoms. The molecule has 0 radical (unpaired) electrons. The molecular weight excluding hydrogens is 807 g/mol. The zero-order valence-electron chi connectivity index (χ0n) is 41.8. The fourth-order valence-electron chi connectivity index (χ4n) is 8.33. The van der Waals surface area contributed by atoms with Crippen LogP contribution in [0.1, 0.15) is 290 Å². The lowest BCUT2D eigenvalue weighted by Gasteiger charge is -2.24. The van der Waals surface area contributed by atoms with Crippen LogP contribution >= 0.6 is 11.8 Å². The second-order valence-corrected chi connectivity index (χ2v) is 20.0. The molecule has 0 aliphatic rings. The van der Waals surface area contributed by atoms with Gasteiger partial charge in [0, 0.05) is 30.8 Å². The lowest BCUT2D eigenvalue weighted by Crippen LogP contribution is -2.57. The highest BCUT2D eigenvalue weighted by Crippen LogP contribution is 2.21. The first-order valence-electron chi connectivity index (χ1n) is 27.2. The quantitative estimate of drug-likeness (QED) is 0.0348. The molecule has 0 saturated carbocycles. The van der Waals surface area contributed by atoms with Gasteiger partial charge in [0.2, 0.25) is 0 Å². The smallest absolute Gasteiger partial charge is 0.332 e. The second kappa shape index (κ2) is 46.9. The minimum atomic E-state index is -2.02. The molecule has 0 amide bonds. The van der Waals surface area contributed by atoms with Crippen LogP contribution in [0, 0.1) is 0 Å². The van der Waals surface area contributed by atoms with Crippen LogP contribution in [-0.4, -0.2) is 58.6 Å². The highest BCUT2D eigenvalue weighted by Gasteiger charge is 2.41. The fraction of sp³-hybridized carbons (Fsp3) is 0.926. The molecule has 0 heterocycles. The van der Waals surface area contributed by atoms with Gasteiger partial charge >= 0.3 is 17.9 Å². The van der Waals surface area contributed by atoms with E-state index in [1.54, 1.807) is 0 Å². The predicted octanol–water partition coefficient (Wildman–Crippen LogP) is 16.0. The summed E-state index contributed by atoms with van der Waals surface area (Å²) < 4.78 is 11.4. The van der Waals surface area contributed by atoms with Gasteiger partial charge in [-0.3, -0.25) is 14.4 Å². The Morgan fingerprint density at radius 1 is 0.444 bits per heavy atom. The Hall–Kier alpha value is -1.61. The van der Waals surface area contributed by atoms with Gasteiger partial charge in [-0.2, -0.15) is 11.8 Å². The fourth-order valence-corrected chi connectivity index (χ4v) is 9.48. The molecule has 0 aromatic carbocycles. The van der Waals surface area contributed by atoms with Gasteiger partial charge < -0.3 is 20.3 Å². The summed E-state index contributed by atoms with van der Waals surface area (Å²) in [4.78, 5) is 51.1. The molecule has 0 spiro atoms. The van der Waals surface area contributed by atoms with Crippen LogP contribution in [0.2, 0.25) is 0 Å². The van der Waals surface area contributed by atoms with Crippen molar-refractivity contribution in [1.82, 2.24) is 0 Å². The van der Waals surface area contributed by atoms with E-state index in [2.05, 4.69) is 20.8 Å². The van der Waals surface area contributed by atoms with Crippen molar-refractivity contribution in [3.05, 3.63) is 0 Å². The third-order valence-electron chi connectivity index (χ3n) is 12.7. The number of ketones is 1. The Morgan fingerprint density at radius 3 is 1.05 bits per heavy atom. The standard InChI is InChI=1S/C54H103NO7S/c1-4-7-10-13-16-19-22-25-28-31-34-37-40-43-50(56)54(55,53(59)60)48-63-47-49(62-52(58)45-42-39-36-33-30-27-24-21-18-15-12-9-6-3)46-61-51(57)44-41-38-35-32-29-26-23-20-17-14-11-8-5-2/h49H,4-48,55H2,1-3H3,(H,59,60)/t49-,54?/m1/s1. The Labute approximate surface area is 393 Å². The minimum Gasteiger partial charge on any atom is -0.480 e. The van der Waals surface area contributed by atoms with Crippen molar-refractivity contribution in [1.29, 1.82) is 0 Å². The van der Waals surface area contributed by atoms with Crippen LogP contribution in [0.25, 0.3) is 0 Å². The van der Waals surface area contributed by atoms with Gasteiger partial charge in [-0.1, -0.05) is 252 Å². The summed E-state index contributed by atoms with van der Waals surface area (Å²) in [5, 5.41) is 10.0. The third kappa shape index (κ3) is 40.4. The summed E-state index contributed by atoms with van der Waals surface area (Å²) in [5.41, 5.74) is 4.26. The van der Waals surface area contributed by atoms with Gasteiger partial charge in [0.25, 0.3) is 0 Å². The molecule has 2 atom stereocenters. The number of nitrogens with two attached hydrogens (primary N) is 1. The van der Waals surface area contributed by atoms with E-state index >= 15 is 0 Å². The summed E-state index contributed by atoms with van der Waals surface area (Å²) in [6.07, 6.45) is 47.3. The highest BCUT2D eigenvalue weighted by molar-refractivity contribution is 7.99. The van der Waals surface area contributed by atoms with Crippen LogP contribution < -0.4 is 5.73 Å². The molecular formula is C54H103NO7S.